The van der Waals surface area contributed by atoms with Gasteiger partial charge in [0.15, 0.2) is 0 Å². The molecule has 0 fully saturated rings. The van der Waals surface area contributed by atoms with Crippen LogP contribution in [0.25, 0.3) is 0 Å². The van der Waals surface area contributed by atoms with E-state index in [4.69, 9.17) is 0 Å². The van der Waals surface area contributed by atoms with Crippen LogP contribution < -0.4 is 10.6 Å². The summed E-state index contributed by atoms with van der Waals surface area (Å²) >= 11 is 0. The maximum absolute atomic E-state index is 3.46. The maximum Gasteiger partial charge on any atom is 0.0370 e. The van der Waals surface area contributed by atoms with Crippen LogP contribution >= 0.6 is 0 Å². The molecule has 0 spiro atoms. The summed E-state index contributed by atoms with van der Waals surface area (Å²) in [5, 5.41) is 6.89. The van der Waals surface area contributed by atoms with Crippen molar-refractivity contribution in [2.24, 2.45) is 0 Å². The fraction of sp³-hybridized carbons (Fsp3) is 0.294. The number of hydrogen-bond acceptors (Lipinski definition) is 2. The lowest BCUT2D eigenvalue weighted by Crippen LogP contribution is -2.14. The Labute approximate surface area is 115 Å². The van der Waals surface area contributed by atoms with Gasteiger partial charge in [-0.2, -0.15) is 0 Å². The normalized spacial score (nSPS) is 10.3. The molecule has 0 unspecified atom stereocenters. The molecule has 0 heterocycles. The van der Waals surface area contributed by atoms with E-state index in [0.717, 1.165) is 13.1 Å². The first-order valence-corrected chi connectivity index (χ1v) is 6.77. The zero-order chi connectivity index (χ0) is 13.7. The first kappa shape index (κ1) is 13.5. The fourth-order valence-corrected chi connectivity index (χ4v) is 2.17. The lowest BCUT2D eigenvalue weighted by molar-refractivity contribution is 1.07. The second-order valence-corrected chi connectivity index (χ2v) is 5.04. The van der Waals surface area contributed by atoms with Crippen LogP contribution in [0.15, 0.2) is 42.5 Å². The van der Waals surface area contributed by atoms with E-state index in [1.54, 1.807) is 0 Å². The van der Waals surface area contributed by atoms with Gasteiger partial charge in [0.2, 0.25) is 0 Å². The summed E-state index contributed by atoms with van der Waals surface area (Å²) in [5.41, 5.74) is 6.29. The molecule has 0 atom stereocenters. The highest BCUT2D eigenvalue weighted by atomic mass is 14.9. The van der Waals surface area contributed by atoms with Crippen LogP contribution in [-0.2, 0) is 0 Å². The fourth-order valence-electron chi connectivity index (χ4n) is 2.17. The third kappa shape index (κ3) is 4.02. The van der Waals surface area contributed by atoms with Crippen molar-refractivity contribution in [3.63, 3.8) is 0 Å². The lowest BCUT2D eigenvalue weighted by Gasteiger charge is -2.11. The van der Waals surface area contributed by atoms with Gasteiger partial charge in [0.1, 0.15) is 0 Å². The molecule has 0 aliphatic heterocycles. The third-order valence-electron chi connectivity index (χ3n) is 3.17. The van der Waals surface area contributed by atoms with Crippen molar-refractivity contribution in [3.05, 3.63) is 59.2 Å². The molecule has 2 rings (SSSR count). The minimum atomic E-state index is 0.913. The molecule has 2 N–H and O–H groups in total. The van der Waals surface area contributed by atoms with E-state index in [1.165, 1.54) is 28.1 Å². The van der Waals surface area contributed by atoms with Gasteiger partial charge >= 0.3 is 0 Å². The van der Waals surface area contributed by atoms with E-state index in [-0.39, 0.29) is 0 Å². The van der Waals surface area contributed by atoms with E-state index in [0.29, 0.717) is 0 Å². The average Bonchev–Trinajstić information content (AvgIpc) is 2.37. The molecule has 2 nitrogen and oxygen atoms in total. The van der Waals surface area contributed by atoms with Gasteiger partial charge in [0.25, 0.3) is 0 Å². The monoisotopic (exact) mass is 254 g/mol. The molecule has 19 heavy (non-hydrogen) atoms. The Balaban J connectivity index is 1.81. The highest BCUT2D eigenvalue weighted by Crippen LogP contribution is 2.15. The van der Waals surface area contributed by atoms with Crippen LogP contribution in [0.3, 0.4) is 0 Å². The largest absolute Gasteiger partial charge is 0.383 e. The topological polar surface area (TPSA) is 24.1 Å². The zero-order valence-electron chi connectivity index (χ0n) is 12.0. The Morgan fingerprint density at radius 2 is 1.53 bits per heavy atom. The Bertz CT molecular complexity index is 547. The summed E-state index contributed by atoms with van der Waals surface area (Å²) in [6, 6.07) is 15.0. The summed E-state index contributed by atoms with van der Waals surface area (Å²) in [6.45, 7) is 8.20. The van der Waals surface area contributed by atoms with Crippen molar-refractivity contribution < 1.29 is 0 Å². The second kappa shape index (κ2) is 6.28. The van der Waals surface area contributed by atoms with Gasteiger partial charge in [0.05, 0.1) is 0 Å². The third-order valence-corrected chi connectivity index (χ3v) is 3.17. The quantitative estimate of drug-likeness (QED) is 0.784. The van der Waals surface area contributed by atoms with Crippen LogP contribution in [0.1, 0.15) is 16.7 Å². The van der Waals surface area contributed by atoms with E-state index in [1.807, 2.05) is 0 Å². The molecular weight excluding hydrogens is 232 g/mol. The van der Waals surface area contributed by atoms with E-state index < -0.39 is 0 Å². The molecule has 0 saturated heterocycles. The number of hydrogen-bond donors (Lipinski definition) is 2. The van der Waals surface area contributed by atoms with Gasteiger partial charge in [0, 0.05) is 24.5 Å². The smallest absolute Gasteiger partial charge is 0.0370 e. The number of rotatable bonds is 5. The summed E-state index contributed by atoms with van der Waals surface area (Å²) in [6.07, 6.45) is 0. The molecule has 0 bridgehead atoms. The van der Waals surface area contributed by atoms with Crippen LogP contribution in [-0.4, -0.2) is 13.1 Å². The first-order chi connectivity index (χ1) is 9.15. The predicted octanol–water partition coefficient (Wildman–Crippen LogP) is 4.14. The van der Waals surface area contributed by atoms with Crippen LogP contribution in [0, 0.1) is 20.8 Å². The van der Waals surface area contributed by atoms with Gasteiger partial charge in [-0.05, 0) is 50.1 Å². The highest BCUT2D eigenvalue weighted by molar-refractivity contribution is 5.52. The SMILES string of the molecule is Cc1cccc(NCCNc2ccc(C)cc2C)c1. The maximum atomic E-state index is 3.46. The number of nitrogens with one attached hydrogen (secondary N) is 2. The average molecular weight is 254 g/mol. The van der Waals surface area contributed by atoms with Crippen LogP contribution in [0.4, 0.5) is 11.4 Å². The molecule has 0 aliphatic carbocycles. The highest BCUT2D eigenvalue weighted by Gasteiger charge is 1.97. The number of aryl methyl sites for hydroxylation is 3. The minimum absolute atomic E-state index is 0.913. The molecule has 0 aromatic heterocycles. The molecular formula is C17H22N2. The van der Waals surface area contributed by atoms with Gasteiger partial charge in [-0.25, -0.2) is 0 Å². The van der Waals surface area contributed by atoms with Gasteiger partial charge < -0.3 is 10.6 Å². The molecule has 100 valence electrons. The standard InChI is InChI=1S/C17H22N2/c1-13-5-4-6-16(12-13)18-9-10-19-17-8-7-14(2)11-15(17)3/h4-8,11-12,18-19H,9-10H2,1-3H3. The predicted molar refractivity (Wildman–Crippen MR) is 84.1 cm³/mol. The van der Waals surface area contributed by atoms with Gasteiger partial charge in [-0.15, -0.1) is 0 Å². The zero-order valence-corrected chi connectivity index (χ0v) is 12.0. The second-order valence-electron chi connectivity index (χ2n) is 5.04. The van der Waals surface area contributed by atoms with E-state index in [9.17, 15) is 0 Å². The van der Waals surface area contributed by atoms with E-state index >= 15 is 0 Å². The lowest BCUT2D eigenvalue weighted by atomic mass is 10.1. The van der Waals surface area contributed by atoms with Gasteiger partial charge in [-0.1, -0.05) is 29.8 Å². The molecule has 2 aromatic carbocycles. The molecule has 0 aliphatic rings. The first-order valence-electron chi connectivity index (χ1n) is 6.77. The van der Waals surface area contributed by atoms with Crippen molar-refractivity contribution in [1.29, 1.82) is 0 Å². The number of anilines is 2. The van der Waals surface area contributed by atoms with Crippen molar-refractivity contribution in [3.8, 4) is 0 Å². The minimum Gasteiger partial charge on any atom is -0.383 e. The van der Waals surface area contributed by atoms with Crippen molar-refractivity contribution in [2.45, 2.75) is 20.8 Å². The Hall–Kier alpha value is -1.96. The summed E-state index contributed by atoms with van der Waals surface area (Å²) < 4.78 is 0. The summed E-state index contributed by atoms with van der Waals surface area (Å²) in [7, 11) is 0. The summed E-state index contributed by atoms with van der Waals surface area (Å²) in [5.74, 6) is 0. The Morgan fingerprint density at radius 1 is 0.789 bits per heavy atom. The van der Waals surface area contributed by atoms with Crippen LogP contribution in [0.2, 0.25) is 0 Å². The van der Waals surface area contributed by atoms with Crippen molar-refractivity contribution in [1.82, 2.24) is 0 Å². The van der Waals surface area contributed by atoms with Crippen molar-refractivity contribution >= 4 is 11.4 Å². The molecule has 0 saturated carbocycles. The number of benzene rings is 2. The van der Waals surface area contributed by atoms with Crippen LogP contribution in [0.5, 0.6) is 0 Å². The van der Waals surface area contributed by atoms with E-state index in [2.05, 4.69) is 73.9 Å². The van der Waals surface area contributed by atoms with Gasteiger partial charge in [-0.3, -0.25) is 0 Å². The molecule has 2 heteroatoms. The molecule has 0 amide bonds. The molecule has 0 radical (unpaired) electrons. The summed E-state index contributed by atoms with van der Waals surface area (Å²) in [4.78, 5) is 0. The Morgan fingerprint density at radius 3 is 2.26 bits per heavy atom. The molecule has 2 aromatic rings. The Kier molecular flexibility index (Phi) is 4.45. The van der Waals surface area contributed by atoms with Crippen molar-refractivity contribution in [2.75, 3.05) is 23.7 Å².